The highest BCUT2D eigenvalue weighted by Crippen LogP contribution is 2.29. The van der Waals surface area contributed by atoms with Crippen LogP contribution in [0.5, 0.6) is 5.75 Å². The highest BCUT2D eigenvalue weighted by Gasteiger charge is 2.46. The third-order valence-corrected chi connectivity index (χ3v) is 4.90. The van der Waals surface area contributed by atoms with Crippen molar-refractivity contribution in [3.8, 4) is 5.75 Å². The van der Waals surface area contributed by atoms with Gasteiger partial charge in [-0.05, 0) is 56.7 Å². The van der Waals surface area contributed by atoms with E-state index >= 15 is 0 Å². The monoisotopic (exact) mass is 384 g/mol. The number of imide groups is 1. The molecule has 1 saturated heterocycles. The fraction of sp³-hybridized carbons (Fsp3) is 0.381. The predicted molar refractivity (Wildman–Crippen MR) is 103 cm³/mol. The number of carbonyl (C=O) groups is 3. The molecule has 1 aromatic carbocycles. The normalized spacial score (nSPS) is 17.7. The highest BCUT2D eigenvalue weighted by molar-refractivity contribution is 6.23. The average molecular weight is 384 g/mol. The van der Waals surface area contributed by atoms with E-state index in [1.54, 1.807) is 36.4 Å². The summed E-state index contributed by atoms with van der Waals surface area (Å²) in [4.78, 5) is 41.3. The number of furan rings is 1. The minimum Gasteiger partial charge on any atom is -0.494 e. The van der Waals surface area contributed by atoms with E-state index in [0.717, 1.165) is 4.90 Å². The minimum atomic E-state index is -0.855. The van der Waals surface area contributed by atoms with Crippen molar-refractivity contribution in [2.24, 2.45) is 0 Å². The van der Waals surface area contributed by atoms with E-state index in [-0.39, 0.29) is 30.0 Å². The van der Waals surface area contributed by atoms with Gasteiger partial charge in [0.15, 0.2) is 5.76 Å². The van der Waals surface area contributed by atoms with Gasteiger partial charge in [-0.15, -0.1) is 0 Å². The molecule has 1 aromatic heterocycles. The Morgan fingerprint density at radius 2 is 1.96 bits per heavy atom. The molecule has 0 radical (unpaired) electrons. The van der Waals surface area contributed by atoms with Crippen molar-refractivity contribution in [3.05, 3.63) is 48.4 Å². The number of amides is 3. The first-order chi connectivity index (χ1) is 13.5. The van der Waals surface area contributed by atoms with Gasteiger partial charge in [0.05, 0.1) is 25.0 Å². The molecule has 2 aromatic rings. The maximum absolute atomic E-state index is 13.1. The highest BCUT2D eigenvalue weighted by atomic mass is 16.5. The molecule has 3 rings (SSSR count). The van der Waals surface area contributed by atoms with Crippen LogP contribution in [0.2, 0.25) is 0 Å². The fourth-order valence-electron chi connectivity index (χ4n) is 3.34. The first-order valence-corrected chi connectivity index (χ1v) is 9.43. The molecule has 2 heterocycles. The number of ether oxygens (including phenoxy) is 1. The number of hydrogen-bond donors (Lipinski definition) is 0. The molecule has 0 spiro atoms. The van der Waals surface area contributed by atoms with Crippen molar-refractivity contribution >= 4 is 23.4 Å². The van der Waals surface area contributed by atoms with Crippen molar-refractivity contribution in [1.29, 1.82) is 0 Å². The quantitative estimate of drug-likeness (QED) is 0.685. The molecule has 3 amide bonds. The van der Waals surface area contributed by atoms with Crippen LogP contribution in [0.25, 0.3) is 0 Å². The summed E-state index contributed by atoms with van der Waals surface area (Å²) in [5, 5.41) is 0. The zero-order valence-corrected chi connectivity index (χ0v) is 16.3. The maximum atomic E-state index is 13.1. The van der Waals surface area contributed by atoms with E-state index < -0.39 is 11.9 Å². The maximum Gasteiger partial charge on any atom is 0.290 e. The van der Waals surface area contributed by atoms with Crippen LogP contribution in [-0.4, -0.2) is 41.3 Å². The Balaban J connectivity index is 1.88. The lowest BCUT2D eigenvalue weighted by Gasteiger charge is -2.32. The Labute approximate surface area is 163 Å². The van der Waals surface area contributed by atoms with E-state index in [4.69, 9.17) is 9.15 Å². The summed E-state index contributed by atoms with van der Waals surface area (Å²) in [5.41, 5.74) is 0.468. The minimum absolute atomic E-state index is 0.0527. The third kappa shape index (κ3) is 3.65. The summed E-state index contributed by atoms with van der Waals surface area (Å²) in [5.74, 6) is -0.315. The average Bonchev–Trinajstić information content (AvgIpc) is 3.32. The second kappa shape index (κ2) is 8.29. The second-order valence-corrected chi connectivity index (χ2v) is 6.66. The number of carbonyl (C=O) groups excluding carboxylic acids is 3. The molecule has 0 N–H and O–H groups in total. The molecule has 28 heavy (non-hydrogen) atoms. The summed E-state index contributed by atoms with van der Waals surface area (Å²) in [6.07, 6.45) is 2.01. The number of hydrogen-bond acceptors (Lipinski definition) is 5. The number of rotatable bonds is 7. The molecule has 0 saturated carbocycles. The van der Waals surface area contributed by atoms with Crippen LogP contribution in [0.1, 0.15) is 44.2 Å². The summed E-state index contributed by atoms with van der Waals surface area (Å²) in [7, 11) is 0. The number of anilines is 1. The Kier molecular flexibility index (Phi) is 5.82. The lowest BCUT2D eigenvalue weighted by atomic mass is 10.1. The fourth-order valence-corrected chi connectivity index (χ4v) is 3.34. The van der Waals surface area contributed by atoms with Gasteiger partial charge in [-0.1, -0.05) is 6.92 Å². The first kappa shape index (κ1) is 19.7. The van der Waals surface area contributed by atoms with Gasteiger partial charge in [0.2, 0.25) is 5.91 Å². The molecule has 0 bridgehead atoms. The van der Waals surface area contributed by atoms with Crippen molar-refractivity contribution in [1.82, 2.24) is 4.90 Å². The van der Waals surface area contributed by atoms with Crippen LogP contribution in [0.3, 0.4) is 0 Å². The number of nitrogens with zero attached hydrogens (tertiary/aromatic N) is 2. The first-order valence-electron chi connectivity index (χ1n) is 9.43. The van der Waals surface area contributed by atoms with Crippen LogP contribution < -0.4 is 9.64 Å². The Morgan fingerprint density at radius 3 is 2.54 bits per heavy atom. The van der Waals surface area contributed by atoms with Gasteiger partial charge in [0, 0.05) is 6.04 Å². The van der Waals surface area contributed by atoms with Crippen molar-refractivity contribution in [2.75, 3.05) is 11.5 Å². The van der Waals surface area contributed by atoms with E-state index in [2.05, 4.69) is 0 Å². The van der Waals surface area contributed by atoms with Gasteiger partial charge >= 0.3 is 0 Å². The molecule has 2 atom stereocenters. The molecule has 0 aliphatic carbocycles. The Morgan fingerprint density at radius 1 is 1.25 bits per heavy atom. The molecule has 148 valence electrons. The molecule has 1 aliphatic heterocycles. The van der Waals surface area contributed by atoms with Gasteiger partial charge < -0.3 is 14.1 Å². The van der Waals surface area contributed by atoms with E-state index in [0.29, 0.717) is 24.5 Å². The predicted octanol–water partition coefficient (Wildman–Crippen LogP) is 3.25. The molecule has 1 aliphatic rings. The van der Waals surface area contributed by atoms with E-state index in [9.17, 15) is 14.4 Å². The zero-order valence-electron chi connectivity index (χ0n) is 16.3. The van der Waals surface area contributed by atoms with E-state index in [1.165, 1.54) is 11.2 Å². The van der Waals surface area contributed by atoms with Crippen molar-refractivity contribution < 1.29 is 23.5 Å². The molecular formula is C21H24N2O5. The SMILES string of the molecule is CCOc1ccc(N2C(=O)CC(N(C(=O)c3ccco3)C(C)CC)C2=O)cc1. The lowest BCUT2D eigenvalue weighted by Crippen LogP contribution is -2.49. The van der Waals surface area contributed by atoms with Crippen LogP contribution >= 0.6 is 0 Å². The topological polar surface area (TPSA) is 80.1 Å². The lowest BCUT2D eigenvalue weighted by molar-refractivity contribution is -0.123. The summed E-state index contributed by atoms with van der Waals surface area (Å²) < 4.78 is 10.6. The van der Waals surface area contributed by atoms with Crippen LogP contribution in [0, 0.1) is 0 Å². The third-order valence-electron chi connectivity index (χ3n) is 4.90. The van der Waals surface area contributed by atoms with Crippen LogP contribution in [-0.2, 0) is 9.59 Å². The Bertz CT molecular complexity index is 844. The van der Waals surface area contributed by atoms with E-state index in [1.807, 2.05) is 20.8 Å². The largest absolute Gasteiger partial charge is 0.494 e. The summed E-state index contributed by atoms with van der Waals surface area (Å²) >= 11 is 0. The van der Waals surface area contributed by atoms with Crippen molar-refractivity contribution in [3.63, 3.8) is 0 Å². The van der Waals surface area contributed by atoms with Gasteiger partial charge in [-0.3, -0.25) is 14.4 Å². The van der Waals surface area contributed by atoms with Gasteiger partial charge in [-0.25, -0.2) is 4.90 Å². The zero-order chi connectivity index (χ0) is 20.3. The molecular weight excluding hydrogens is 360 g/mol. The molecule has 7 nitrogen and oxygen atoms in total. The summed E-state index contributed by atoms with van der Waals surface area (Å²) in [6.45, 7) is 6.20. The second-order valence-electron chi connectivity index (χ2n) is 6.66. The standard InChI is InChI=1S/C21H24N2O5/c1-4-14(3)22(21(26)18-7-6-12-28-18)17-13-19(24)23(20(17)25)15-8-10-16(11-9-15)27-5-2/h6-12,14,17H,4-5,13H2,1-3H3. The van der Waals surface area contributed by atoms with Gasteiger partial charge in [0.25, 0.3) is 11.8 Å². The number of benzene rings is 1. The van der Waals surface area contributed by atoms with Crippen LogP contribution in [0.4, 0.5) is 5.69 Å². The van der Waals surface area contributed by atoms with Gasteiger partial charge in [0.1, 0.15) is 11.8 Å². The smallest absolute Gasteiger partial charge is 0.290 e. The molecule has 1 fully saturated rings. The Hall–Kier alpha value is -3.09. The molecule has 7 heteroatoms. The summed E-state index contributed by atoms with van der Waals surface area (Å²) in [6, 6.07) is 8.88. The van der Waals surface area contributed by atoms with Gasteiger partial charge in [-0.2, -0.15) is 0 Å². The van der Waals surface area contributed by atoms with Crippen molar-refractivity contribution in [2.45, 2.75) is 45.7 Å². The van der Waals surface area contributed by atoms with Crippen LogP contribution in [0.15, 0.2) is 47.1 Å². The molecule has 2 unspecified atom stereocenters.